The number of rotatable bonds is 1. The number of carbonyl (C=O) groups is 1. The van der Waals surface area contributed by atoms with Crippen molar-refractivity contribution in [1.82, 2.24) is 4.90 Å². The highest BCUT2D eigenvalue weighted by molar-refractivity contribution is 5.94. The van der Waals surface area contributed by atoms with Gasteiger partial charge in [-0.1, -0.05) is 12.1 Å². The Labute approximate surface area is 83.5 Å². The highest BCUT2D eigenvalue weighted by atomic mass is 16.1. The normalized spacial score (nSPS) is 16.4. The molecule has 0 atom stereocenters. The summed E-state index contributed by atoms with van der Waals surface area (Å²) in [6.07, 6.45) is 1.01. The van der Waals surface area contributed by atoms with E-state index >= 15 is 0 Å². The Balaban J connectivity index is 2.48. The van der Waals surface area contributed by atoms with Crippen molar-refractivity contribution in [2.75, 3.05) is 13.6 Å². The van der Waals surface area contributed by atoms with Gasteiger partial charge in [-0.2, -0.15) is 0 Å². The Bertz CT molecular complexity index is 374. The molecule has 1 aromatic carbocycles. The van der Waals surface area contributed by atoms with Gasteiger partial charge in [0.25, 0.3) is 0 Å². The van der Waals surface area contributed by atoms with Crippen molar-refractivity contribution in [2.24, 2.45) is 5.73 Å². The van der Waals surface area contributed by atoms with E-state index in [-0.39, 0.29) is 5.91 Å². The predicted octanol–water partition coefficient (Wildman–Crippen LogP) is 0.773. The summed E-state index contributed by atoms with van der Waals surface area (Å²) in [7, 11) is 2.06. The van der Waals surface area contributed by atoms with Crippen LogP contribution in [-0.2, 0) is 13.0 Å². The molecular weight excluding hydrogens is 176 g/mol. The van der Waals surface area contributed by atoms with Gasteiger partial charge in [-0.05, 0) is 30.7 Å². The van der Waals surface area contributed by atoms with E-state index in [1.807, 2.05) is 6.07 Å². The Hall–Kier alpha value is -1.35. The molecule has 74 valence electrons. The topological polar surface area (TPSA) is 46.3 Å². The van der Waals surface area contributed by atoms with Crippen LogP contribution in [0.15, 0.2) is 18.2 Å². The lowest BCUT2D eigenvalue weighted by molar-refractivity contribution is 0.0998. The number of likely N-dealkylation sites (N-methyl/N-ethyl adjacent to an activating group) is 1. The number of fused-ring (bicyclic) bond motifs is 1. The minimum absolute atomic E-state index is 0.322. The van der Waals surface area contributed by atoms with Gasteiger partial charge in [-0.15, -0.1) is 0 Å². The molecule has 0 unspecified atom stereocenters. The van der Waals surface area contributed by atoms with Crippen LogP contribution >= 0.6 is 0 Å². The second-order valence-corrected chi connectivity index (χ2v) is 3.80. The Kier molecular flexibility index (Phi) is 2.25. The van der Waals surface area contributed by atoms with Crippen LogP contribution in [0.1, 0.15) is 21.5 Å². The Morgan fingerprint density at radius 1 is 1.50 bits per heavy atom. The van der Waals surface area contributed by atoms with Crippen molar-refractivity contribution in [3.05, 3.63) is 34.9 Å². The maximum absolute atomic E-state index is 11.2. The molecule has 1 heterocycles. The number of primary amides is 1. The number of nitrogens with zero attached hydrogens (tertiary/aromatic N) is 1. The zero-order valence-corrected chi connectivity index (χ0v) is 8.29. The third-order valence-electron chi connectivity index (χ3n) is 2.73. The quantitative estimate of drug-likeness (QED) is 0.711. The van der Waals surface area contributed by atoms with Crippen LogP contribution in [0.3, 0.4) is 0 Å². The molecule has 0 aromatic heterocycles. The Morgan fingerprint density at radius 2 is 2.29 bits per heavy atom. The van der Waals surface area contributed by atoms with Crippen LogP contribution in [0.4, 0.5) is 0 Å². The fraction of sp³-hybridized carbons (Fsp3) is 0.364. The maximum Gasteiger partial charge on any atom is 0.249 e. The van der Waals surface area contributed by atoms with Gasteiger partial charge in [0.1, 0.15) is 0 Å². The molecule has 3 nitrogen and oxygen atoms in total. The van der Waals surface area contributed by atoms with E-state index in [0.717, 1.165) is 25.1 Å². The molecule has 0 spiro atoms. The van der Waals surface area contributed by atoms with Gasteiger partial charge in [0, 0.05) is 18.7 Å². The molecule has 1 aromatic rings. The molecule has 2 rings (SSSR count). The summed E-state index contributed by atoms with van der Waals surface area (Å²) in [6.45, 7) is 1.88. The van der Waals surface area contributed by atoms with Gasteiger partial charge in [-0.25, -0.2) is 0 Å². The molecule has 0 saturated carbocycles. The predicted molar refractivity (Wildman–Crippen MR) is 55.0 cm³/mol. The third-order valence-corrected chi connectivity index (χ3v) is 2.73. The van der Waals surface area contributed by atoms with E-state index in [1.54, 1.807) is 6.07 Å². The van der Waals surface area contributed by atoms with Gasteiger partial charge in [0.15, 0.2) is 0 Å². The fourth-order valence-corrected chi connectivity index (χ4v) is 1.95. The summed E-state index contributed by atoms with van der Waals surface area (Å²) < 4.78 is 0. The van der Waals surface area contributed by atoms with E-state index < -0.39 is 0 Å². The van der Waals surface area contributed by atoms with E-state index in [1.165, 1.54) is 5.56 Å². The highest BCUT2D eigenvalue weighted by Gasteiger charge is 2.17. The van der Waals surface area contributed by atoms with Crippen LogP contribution in [0, 0.1) is 0 Å². The second kappa shape index (κ2) is 3.42. The summed E-state index contributed by atoms with van der Waals surface area (Å²) in [4.78, 5) is 13.4. The molecule has 3 heteroatoms. The van der Waals surface area contributed by atoms with Crippen LogP contribution in [0.25, 0.3) is 0 Å². The summed E-state index contributed by atoms with van der Waals surface area (Å²) in [5.41, 5.74) is 8.37. The van der Waals surface area contributed by atoms with Crippen molar-refractivity contribution in [3.63, 3.8) is 0 Å². The minimum atomic E-state index is -0.322. The summed E-state index contributed by atoms with van der Waals surface area (Å²) in [5.74, 6) is -0.322. The van der Waals surface area contributed by atoms with Crippen LogP contribution in [0.2, 0.25) is 0 Å². The first kappa shape index (κ1) is 9.21. The molecule has 1 aliphatic heterocycles. The Morgan fingerprint density at radius 3 is 3.00 bits per heavy atom. The lowest BCUT2D eigenvalue weighted by Crippen LogP contribution is -2.29. The highest BCUT2D eigenvalue weighted by Crippen LogP contribution is 2.21. The van der Waals surface area contributed by atoms with E-state index in [4.69, 9.17) is 5.73 Å². The molecule has 0 saturated heterocycles. The SMILES string of the molecule is CN1CCc2cccc(C(N)=O)c2C1. The molecule has 1 aliphatic rings. The number of hydrogen-bond acceptors (Lipinski definition) is 2. The van der Waals surface area contributed by atoms with Gasteiger partial charge < -0.3 is 10.6 Å². The van der Waals surface area contributed by atoms with Crippen LogP contribution < -0.4 is 5.73 Å². The monoisotopic (exact) mass is 190 g/mol. The van der Waals surface area contributed by atoms with Crippen LogP contribution in [-0.4, -0.2) is 24.4 Å². The molecule has 0 aliphatic carbocycles. The summed E-state index contributed by atoms with van der Waals surface area (Å²) >= 11 is 0. The number of amides is 1. The van der Waals surface area contributed by atoms with E-state index in [0.29, 0.717) is 5.56 Å². The molecule has 2 N–H and O–H groups in total. The van der Waals surface area contributed by atoms with Crippen molar-refractivity contribution in [3.8, 4) is 0 Å². The first-order valence-corrected chi connectivity index (χ1v) is 4.77. The zero-order chi connectivity index (χ0) is 10.1. The molecule has 0 bridgehead atoms. The van der Waals surface area contributed by atoms with E-state index in [9.17, 15) is 4.79 Å². The number of nitrogens with two attached hydrogens (primary N) is 1. The zero-order valence-electron chi connectivity index (χ0n) is 8.29. The van der Waals surface area contributed by atoms with Crippen molar-refractivity contribution in [1.29, 1.82) is 0 Å². The van der Waals surface area contributed by atoms with E-state index in [2.05, 4.69) is 18.0 Å². The van der Waals surface area contributed by atoms with Gasteiger partial charge in [0.2, 0.25) is 5.91 Å². The first-order chi connectivity index (χ1) is 6.68. The molecular formula is C11H14N2O. The maximum atomic E-state index is 11.2. The lowest BCUT2D eigenvalue weighted by atomic mass is 9.95. The molecule has 1 amide bonds. The molecule has 0 radical (unpaired) electrons. The minimum Gasteiger partial charge on any atom is -0.366 e. The standard InChI is InChI=1S/C11H14N2O/c1-13-6-5-8-3-2-4-9(11(12)14)10(8)7-13/h2-4H,5-7H2,1H3,(H2,12,14). The largest absolute Gasteiger partial charge is 0.366 e. The smallest absolute Gasteiger partial charge is 0.249 e. The summed E-state index contributed by atoms with van der Waals surface area (Å²) in [5, 5.41) is 0. The van der Waals surface area contributed by atoms with Gasteiger partial charge >= 0.3 is 0 Å². The lowest BCUT2D eigenvalue weighted by Gasteiger charge is -2.26. The number of carbonyl (C=O) groups excluding carboxylic acids is 1. The average molecular weight is 190 g/mol. The molecule has 14 heavy (non-hydrogen) atoms. The third kappa shape index (κ3) is 1.51. The van der Waals surface area contributed by atoms with Crippen molar-refractivity contribution < 1.29 is 4.79 Å². The number of benzene rings is 1. The van der Waals surface area contributed by atoms with Crippen LogP contribution in [0.5, 0.6) is 0 Å². The van der Waals surface area contributed by atoms with Gasteiger partial charge in [0.05, 0.1) is 0 Å². The average Bonchev–Trinajstić information content (AvgIpc) is 2.16. The fourth-order valence-electron chi connectivity index (χ4n) is 1.95. The van der Waals surface area contributed by atoms with Crippen molar-refractivity contribution >= 4 is 5.91 Å². The molecule has 0 fully saturated rings. The number of hydrogen-bond donors (Lipinski definition) is 1. The van der Waals surface area contributed by atoms with Gasteiger partial charge in [-0.3, -0.25) is 4.79 Å². The second-order valence-electron chi connectivity index (χ2n) is 3.80. The first-order valence-electron chi connectivity index (χ1n) is 4.77. The summed E-state index contributed by atoms with van der Waals surface area (Å²) in [6, 6.07) is 5.79. The van der Waals surface area contributed by atoms with Crippen molar-refractivity contribution in [2.45, 2.75) is 13.0 Å².